The number of ether oxygens (including phenoxy) is 2. The molecule has 3 unspecified atom stereocenters. The fourth-order valence-electron chi connectivity index (χ4n) is 4.38. The number of aliphatic carboxylic acids is 1. The number of nitrogens with one attached hydrogen (secondary N) is 2. The number of benzene rings is 2. The molecule has 0 bridgehead atoms. The predicted octanol–water partition coefficient (Wildman–Crippen LogP) is 3.94. The van der Waals surface area contributed by atoms with Crippen LogP contribution in [0.5, 0.6) is 0 Å². The van der Waals surface area contributed by atoms with Crippen LogP contribution in [-0.4, -0.2) is 55.0 Å². The van der Waals surface area contributed by atoms with E-state index in [0.29, 0.717) is 6.42 Å². The number of carbonyl (C=O) groups excluding carboxylic acids is 2. The van der Waals surface area contributed by atoms with Crippen molar-refractivity contribution in [2.75, 3.05) is 20.3 Å². The maximum Gasteiger partial charge on any atom is 0.407 e. The summed E-state index contributed by atoms with van der Waals surface area (Å²) in [4.78, 5) is 37.5. The molecule has 3 N–H and O–H groups in total. The molecule has 8 heteroatoms. The molecule has 0 heterocycles. The van der Waals surface area contributed by atoms with Gasteiger partial charge in [0.25, 0.3) is 0 Å². The van der Waals surface area contributed by atoms with Gasteiger partial charge < -0.3 is 25.2 Å². The molecule has 0 aromatic heterocycles. The summed E-state index contributed by atoms with van der Waals surface area (Å²) in [6, 6.07) is 15.1. The molecule has 0 saturated heterocycles. The van der Waals surface area contributed by atoms with Crippen molar-refractivity contribution in [1.82, 2.24) is 10.6 Å². The first kappa shape index (κ1) is 26.2. The van der Waals surface area contributed by atoms with Crippen LogP contribution in [0.3, 0.4) is 0 Å². The Balaban J connectivity index is 1.70. The zero-order chi connectivity index (χ0) is 25.6. The van der Waals surface area contributed by atoms with E-state index in [1.807, 2.05) is 50.2 Å². The van der Waals surface area contributed by atoms with Gasteiger partial charge in [-0.2, -0.15) is 0 Å². The Morgan fingerprint density at radius 1 is 1.06 bits per heavy atom. The number of hydrogen-bond acceptors (Lipinski definition) is 5. The second-order valence-electron chi connectivity index (χ2n) is 9.33. The number of alkyl carbamates (subject to hydrolysis) is 1. The molecule has 0 radical (unpaired) electrons. The molecule has 188 valence electrons. The van der Waals surface area contributed by atoms with Gasteiger partial charge in [0.05, 0.1) is 6.61 Å². The topological polar surface area (TPSA) is 114 Å². The first-order valence-corrected chi connectivity index (χ1v) is 11.9. The van der Waals surface area contributed by atoms with Crippen LogP contribution in [-0.2, 0) is 19.1 Å². The lowest BCUT2D eigenvalue weighted by Gasteiger charge is -2.29. The van der Waals surface area contributed by atoms with Crippen molar-refractivity contribution in [3.63, 3.8) is 0 Å². The average molecular weight is 483 g/mol. The molecular weight excluding hydrogens is 448 g/mol. The van der Waals surface area contributed by atoms with Crippen molar-refractivity contribution in [2.24, 2.45) is 5.92 Å². The second kappa shape index (κ2) is 11.4. The molecule has 2 aromatic carbocycles. The Kier molecular flexibility index (Phi) is 8.51. The van der Waals surface area contributed by atoms with Gasteiger partial charge in [-0.1, -0.05) is 68.8 Å². The number of hydrogen-bond donors (Lipinski definition) is 3. The summed E-state index contributed by atoms with van der Waals surface area (Å²) in [7, 11) is 1.36. The Bertz CT molecular complexity index is 1030. The Labute approximate surface area is 206 Å². The molecule has 2 aromatic rings. The van der Waals surface area contributed by atoms with Gasteiger partial charge in [-0.3, -0.25) is 4.79 Å². The van der Waals surface area contributed by atoms with E-state index in [0.717, 1.165) is 28.7 Å². The molecule has 1 aliphatic rings. The van der Waals surface area contributed by atoms with E-state index in [1.54, 1.807) is 0 Å². The number of carbonyl (C=O) groups is 3. The summed E-state index contributed by atoms with van der Waals surface area (Å²) in [5.41, 5.74) is 2.80. The molecule has 3 atom stereocenters. The highest BCUT2D eigenvalue weighted by molar-refractivity contribution is 5.91. The Hall–Kier alpha value is -3.39. The summed E-state index contributed by atoms with van der Waals surface area (Å²) < 4.78 is 10.6. The first-order chi connectivity index (χ1) is 16.7. The van der Waals surface area contributed by atoms with Crippen molar-refractivity contribution in [2.45, 2.75) is 51.1 Å². The highest BCUT2D eigenvalue weighted by Gasteiger charge is 2.38. The summed E-state index contributed by atoms with van der Waals surface area (Å²) in [6.45, 7) is 5.22. The minimum atomic E-state index is -1.62. The van der Waals surface area contributed by atoms with E-state index < -0.39 is 29.6 Å². The van der Waals surface area contributed by atoms with Crippen LogP contribution in [0.2, 0.25) is 0 Å². The second-order valence-corrected chi connectivity index (χ2v) is 9.33. The minimum Gasteiger partial charge on any atom is -0.479 e. The normalized spacial score (nSPS) is 15.8. The third-order valence-corrected chi connectivity index (χ3v) is 6.59. The number of amides is 2. The molecule has 0 spiro atoms. The smallest absolute Gasteiger partial charge is 0.407 e. The average Bonchev–Trinajstić information content (AvgIpc) is 3.16. The molecule has 0 saturated carbocycles. The van der Waals surface area contributed by atoms with Crippen molar-refractivity contribution in [3.05, 3.63) is 59.7 Å². The minimum absolute atomic E-state index is 0.105. The van der Waals surface area contributed by atoms with E-state index >= 15 is 0 Å². The maximum absolute atomic E-state index is 13.0. The third kappa shape index (κ3) is 6.00. The Morgan fingerprint density at radius 2 is 1.63 bits per heavy atom. The molecule has 3 rings (SSSR count). The number of fused-ring (bicyclic) bond motifs is 3. The molecule has 0 fully saturated rings. The summed E-state index contributed by atoms with van der Waals surface area (Å²) in [5, 5.41) is 14.7. The highest BCUT2D eigenvalue weighted by atomic mass is 16.5. The lowest BCUT2D eigenvalue weighted by molar-refractivity contribution is -0.149. The van der Waals surface area contributed by atoms with Crippen LogP contribution in [0.15, 0.2) is 48.5 Å². The van der Waals surface area contributed by atoms with E-state index in [-0.39, 0.29) is 25.0 Å². The van der Waals surface area contributed by atoms with Crippen LogP contribution in [0, 0.1) is 5.92 Å². The van der Waals surface area contributed by atoms with Crippen molar-refractivity contribution >= 4 is 18.0 Å². The van der Waals surface area contributed by atoms with E-state index in [2.05, 4.69) is 22.8 Å². The van der Waals surface area contributed by atoms with Gasteiger partial charge in [0.1, 0.15) is 12.6 Å². The number of methoxy groups -OCH3 is 1. The zero-order valence-electron chi connectivity index (χ0n) is 20.7. The van der Waals surface area contributed by atoms with Crippen LogP contribution in [0.4, 0.5) is 4.79 Å². The lowest BCUT2D eigenvalue weighted by atomic mass is 9.97. The largest absolute Gasteiger partial charge is 0.479 e. The summed E-state index contributed by atoms with van der Waals surface area (Å²) in [5.74, 6) is -1.80. The predicted molar refractivity (Wildman–Crippen MR) is 132 cm³/mol. The molecule has 2 amide bonds. The van der Waals surface area contributed by atoms with E-state index in [1.165, 1.54) is 14.0 Å². The molecule has 8 nitrogen and oxygen atoms in total. The highest BCUT2D eigenvalue weighted by Crippen LogP contribution is 2.44. The molecule has 0 aliphatic heterocycles. The van der Waals surface area contributed by atoms with Crippen LogP contribution < -0.4 is 10.6 Å². The number of carboxylic acids is 1. The van der Waals surface area contributed by atoms with Gasteiger partial charge >= 0.3 is 12.1 Å². The van der Waals surface area contributed by atoms with Crippen LogP contribution >= 0.6 is 0 Å². The van der Waals surface area contributed by atoms with Gasteiger partial charge in [0, 0.05) is 13.0 Å². The summed E-state index contributed by atoms with van der Waals surface area (Å²) in [6.07, 6.45) is 0.415. The molecule has 1 aliphatic carbocycles. The standard InChI is InChI=1S/C27H34N2O6/c1-5-17(2)14-23(24(30)29-27(3,16-34-4)25(31)32)28-26(33)35-15-22-20-12-8-6-10-18(20)19-11-7-9-13-21(19)22/h6-13,17,22-23H,5,14-16H2,1-4H3,(H,28,33)(H,29,30)(H,31,32). The lowest BCUT2D eigenvalue weighted by Crippen LogP contribution is -2.60. The first-order valence-electron chi connectivity index (χ1n) is 11.9. The molecular formula is C27H34N2O6. The van der Waals surface area contributed by atoms with Gasteiger partial charge in [-0.15, -0.1) is 0 Å². The van der Waals surface area contributed by atoms with Crippen molar-refractivity contribution in [1.29, 1.82) is 0 Å². The SMILES string of the molecule is CCC(C)CC(NC(=O)OCC1c2ccccc2-c2ccccc21)C(=O)NC(C)(COC)C(=O)O. The van der Waals surface area contributed by atoms with Crippen molar-refractivity contribution in [3.8, 4) is 11.1 Å². The third-order valence-electron chi connectivity index (χ3n) is 6.59. The van der Waals surface area contributed by atoms with Crippen LogP contribution in [0.1, 0.15) is 50.7 Å². The van der Waals surface area contributed by atoms with Crippen molar-refractivity contribution < 1.29 is 29.0 Å². The fraction of sp³-hybridized carbons (Fsp3) is 0.444. The molecule has 35 heavy (non-hydrogen) atoms. The van der Waals surface area contributed by atoms with Gasteiger partial charge in [0.2, 0.25) is 5.91 Å². The quantitative estimate of drug-likeness (QED) is 0.447. The Morgan fingerprint density at radius 3 is 2.14 bits per heavy atom. The van der Waals surface area contributed by atoms with E-state index in [4.69, 9.17) is 9.47 Å². The maximum atomic E-state index is 13.0. The summed E-state index contributed by atoms with van der Waals surface area (Å²) >= 11 is 0. The van der Waals surface area contributed by atoms with Crippen LogP contribution in [0.25, 0.3) is 11.1 Å². The number of rotatable bonds is 11. The monoisotopic (exact) mass is 482 g/mol. The van der Waals surface area contributed by atoms with Gasteiger partial charge in [-0.25, -0.2) is 9.59 Å². The number of carboxylic acid groups (broad SMARTS) is 1. The zero-order valence-corrected chi connectivity index (χ0v) is 20.7. The fourth-order valence-corrected chi connectivity index (χ4v) is 4.38. The van der Waals surface area contributed by atoms with E-state index in [9.17, 15) is 19.5 Å². The van der Waals surface area contributed by atoms with Gasteiger partial charge in [0.15, 0.2) is 5.54 Å². The van der Waals surface area contributed by atoms with Gasteiger partial charge in [-0.05, 0) is 41.5 Å².